The van der Waals surface area contributed by atoms with Crippen molar-refractivity contribution in [1.29, 1.82) is 0 Å². The third-order valence-corrected chi connectivity index (χ3v) is 8.81. The van der Waals surface area contributed by atoms with Crippen LogP contribution in [-0.2, 0) is 0 Å². The SMILES string of the molecule is c1ccc(N(c2ccc3c(c2)oc2cc4cc5c(cc4cc23)oc2ccccc25)c2cccc3c2oc2ccccc23)cc1. The molecular formula is C40H23NO3. The molecular weight excluding hydrogens is 542 g/mol. The van der Waals surface area contributed by atoms with Gasteiger partial charge in [0, 0.05) is 44.1 Å². The Labute approximate surface area is 250 Å². The number of hydrogen-bond donors (Lipinski definition) is 0. The zero-order valence-electron chi connectivity index (χ0n) is 23.5. The van der Waals surface area contributed by atoms with Gasteiger partial charge in [-0.3, -0.25) is 0 Å². The molecule has 0 radical (unpaired) electrons. The summed E-state index contributed by atoms with van der Waals surface area (Å²) in [7, 11) is 0. The summed E-state index contributed by atoms with van der Waals surface area (Å²) in [6, 6.07) is 48.3. The van der Waals surface area contributed by atoms with Crippen LogP contribution in [0.1, 0.15) is 0 Å². The minimum atomic E-state index is 0.833. The topological polar surface area (TPSA) is 42.7 Å². The van der Waals surface area contributed by atoms with Crippen LogP contribution in [0.15, 0.2) is 153 Å². The number of furan rings is 3. The van der Waals surface area contributed by atoms with Crippen molar-refractivity contribution >= 4 is 93.7 Å². The van der Waals surface area contributed by atoms with Crippen LogP contribution in [0, 0.1) is 0 Å². The first-order valence-corrected chi connectivity index (χ1v) is 14.8. The van der Waals surface area contributed by atoms with Crippen LogP contribution < -0.4 is 4.90 Å². The first-order chi connectivity index (χ1) is 21.8. The van der Waals surface area contributed by atoms with E-state index in [1.165, 1.54) is 0 Å². The second-order valence-corrected chi connectivity index (χ2v) is 11.3. The van der Waals surface area contributed by atoms with E-state index in [1.807, 2.05) is 30.3 Å². The lowest BCUT2D eigenvalue weighted by atomic mass is 10.0. The lowest BCUT2D eigenvalue weighted by Gasteiger charge is -2.25. The Morgan fingerprint density at radius 2 is 0.909 bits per heavy atom. The number of anilines is 3. The largest absolute Gasteiger partial charge is 0.456 e. The Morgan fingerprint density at radius 1 is 0.341 bits per heavy atom. The van der Waals surface area contributed by atoms with Gasteiger partial charge in [-0.25, -0.2) is 0 Å². The van der Waals surface area contributed by atoms with Gasteiger partial charge in [0.2, 0.25) is 0 Å². The Bertz CT molecular complexity index is 2730. The van der Waals surface area contributed by atoms with E-state index < -0.39 is 0 Å². The van der Waals surface area contributed by atoms with Crippen LogP contribution in [0.5, 0.6) is 0 Å². The van der Waals surface area contributed by atoms with Gasteiger partial charge in [-0.2, -0.15) is 0 Å². The number of para-hydroxylation sites is 4. The van der Waals surface area contributed by atoms with Gasteiger partial charge in [-0.15, -0.1) is 0 Å². The zero-order chi connectivity index (χ0) is 28.8. The fraction of sp³-hybridized carbons (Fsp3) is 0. The average Bonchev–Trinajstić information content (AvgIpc) is 3.74. The monoisotopic (exact) mass is 565 g/mol. The van der Waals surface area contributed by atoms with Crippen molar-refractivity contribution < 1.29 is 13.3 Å². The molecule has 10 aromatic rings. The molecule has 4 heteroatoms. The molecule has 0 N–H and O–H groups in total. The Morgan fingerprint density at radius 3 is 1.66 bits per heavy atom. The molecule has 0 unspecified atom stereocenters. The lowest BCUT2D eigenvalue weighted by molar-refractivity contribution is 0.667. The zero-order valence-corrected chi connectivity index (χ0v) is 23.5. The van der Waals surface area contributed by atoms with Gasteiger partial charge in [-0.05, 0) is 77.5 Å². The Hall–Kier alpha value is -6.00. The van der Waals surface area contributed by atoms with Gasteiger partial charge in [0.1, 0.15) is 27.9 Å². The van der Waals surface area contributed by atoms with Crippen LogP contribution in [0.25, 0.3) is 76.6 Å². The van der Waals surface area contributed by atoms with Crippen molar-refractivity contribution in [2.75, 3.05) is 4.90 Å². The molecule has 10 rings (SSSR count). The van der Waals surface area contributed by atoms with Crippen molar-refractivity contribution in [3.63, 3.8) is 0 Å². The first-order valence-electron chi connectivity index (χ1n) is 14.8. The molecule has 3 aromatic heterocycles. The Balaban J connectivity index is 1.18. The van der Waals surface area contributed by atoms with Gasteiger partial charge in [-0.1, -0.05) is 66.7 Å². The summed E-state index contributed by atoms with van der Waals surface area (Å²) in [6.07, 6.45) is 0. The van der Waals surface area contributed by atoms with Gasteiger partial charge in [0.25, 0.3) is 0 Å². The van der Waals surface area contributed by atoms with Crippen LogP contribution >= 0.6 is 0 Å². The molecule has 7 aromatic carbocycles. The Kier molecular flexibility index (Phi) is 4.69. The summed E-state index contributed by atoms with van der Waals surface area (Å²) in [6.45, 7) is 0. The molecule has 44 heavy (non-hydrogen) atoms. The van der Waals surface area contributed by atoms with E-state index in [4.69, 9.17) is 13.3 Å². The molecule has 0 spiro atoms. The predicted octanol–water partition coefficient (Wildman–Crippen LogP) is 12.0. The molecule has 0 saturated carbocycles. The van der Waals surface area contributed by atoms with E-state index in [1.54, 1.807) is 0 Å². The molecule has 0 bridgehead atoms. The van der Waals surface area contributed by atoms with E-state index in [-0.39, 0.29) is 0 Å². The normalized spacial score (nSPS) is 12.1. The minimum absolute atomic E-state index is 0.833. The maximum atomic E-state index is 6.57. The molecule has 3 heterocycles. The highest BCUT2D eigenvalue weighted by Gasteiger charge is 2.20. The molecule has 0 aliphatic rings. The molecule has 0 fully saturated rings. The van der Waals surface area contributed by atoms with E-state index in [9.17, 15) is 0 Å². The smallest absolute Gasteiger partial charge is 0.159 e. The quantitative estimate of drug-likeness (QED) is 0.214. The molecule has 4 nitrogen and oxygen atoms in total. The summed E-state index contributed by atoms with van der Waals surface area (Å²) < 4.78 is 19.2. The third kappa shape index (κ3) is 3.33. The van der Waals surface area contributed by atoms with Crippen molar-refractivity contribution in [3.8, 4) is 0 Å². The highest BCUT2D eigenvalue weighted by molar-refractivity contribution is 6.16. The fourth-order valence-corrected chi connectivity index (χ4v) is 6.78. The predicted molar refractivity (Wildman–Crippen MR) is 180 cm³/mol. The number of hydrogen-bond acceptors (Lipinski definition) is 4. The second-order valence-electron chi connectivity index (χ2n) is 11.3. The number of nitrogens with zero attached hydrogens (tertiary/aromatic N) is 1. The third-order valence-electron chi connectivity index (χ3n) is 8.81. The molecule has 0 aliphatic carbocycles. The van der Waals surface area contributed by atoms with Gasteiger partial charge in [0.05, 0.1) is 11.4 Å². The first kappa shape index (κ1) is 23.6. The number of fused-ring (bicyclic) bond motifs is 10. The van der Waals surface area contributed by atoms with Gasteiger partial charge < -0.3 is 18.2 Å². The molecule has 0 aliphatic heterocycles. The summed E-state index contributed by atoms with van der Waals surface area (Å²) in [4.78, 5) is 2.24. The molecule has 0 atom stereocenters. The van der Waals surface area contributed by atoms with Crippen LogP contribution in [-0.4, -0.2) is 0 Å². The van der Waals surface area contributed by atoms with E-state index in [2.05, 4.69) is 114 Å². The highest BCUT2D eigenvalue weighted by atomic mass is 16.3. The van der Waals surface area contributed by atoms with E-state index in [0.29, 0.717) is 0 Å². The average molecular weight is 566 g/mol. The van der Waals surface area contributed by atoms with Crippen LogP contribution in [0.4, 0.5) is 17.1 Å². The number of benzene rings is 7. The van der Waals surface area contributed by atoms with Crippen LogP contribution in [0.2, 0.25) is 0 Å². The summed E-state index contributed by atoms with van der Waals surface area (Å²) in [5.74, 6) is 0. The summed E-state index contributed by atoms with van der Waals surface area (Å²) in [5.41, 5.74) is 8.23. The number of rotatable bonds is 3. The van der Waals surface area contributed by atoms with Crippen LogP contribution in [0.3, 0.4) is 0 Å². The van der Waals surface area contributed by atoms with Gasteiger partial charge in [0.15, 0.2) is 5.58 Å². The van der Waals surface area contributed by atoms with Crippen molar-refractivity contribution in [2.24, 2.45) is 0 Å². The van der Waals surface area contributed by atoms with Crippen molar-refractivity contribution in [2.45, 2.75) is 0 Å². The fourth-order valence-electron chi connectivity index (χ4n) is 6.78. The minimum Gasteiger partial charge on any atom is -0.456 e. The molecule has 0 amide bonds. The summed E-state index contributed by atoms with van der Waals surface area (Å²) in [5, 5.41) is 8.84. The van der Waals surface area contributed by atoms with E-state index in [0.717, 1.165) is 93.7 Å². The lowest BCUT2D eigenvalue weighted by Crippen LogP contribution is -2.09. The highest BCUT2D eigenvalue weighted by Crippen LogP contribution is 2.44. The van der Waals surface area contributed by atoms with Gasteiger partial charge >= 0.3 is 0 Å². The maximum Gasteiger partial charge on any atom is 0.159 e. The van der Waals surface area contributed by atoms with Crippen molar-refractivity contribution in [3.05, 3.63) is 140 Å². The maximum absolute atomic E-state index is 6.57. The standard InChI is InChI=1S/C40H23NO3/c1-2-9-26(10-3-1)41(34-14-8-13-31-28-11-4-7-16-36(28)44-40(31)34)27-17-18-30-33-20-25-21-37-32(29-12-5-6-15-35(29)42-37)19-24(25)22-38(33)43-39(30)23-27/h1-23H. The molecule has 0 saturated heterocycles. The summed E-state index contributed by atoms with van der Waals surface area (Å²) >= 11 is 0. The second kappa shape index (κ2) is 8.76. The van der Waals surface area contributed by atoms with E-state index >= 15 is 0 Å². The molecule has 206 valence electrons. The van der Waals surface area contributed by atoms with Crippen molar-refractivity contribution in [1.82, 2.24) is 0 Å².